The second kappa shape index (κ2) is 8.38. The molecule has 2 saturated carbocycles. The van der Waals surface area contributed by atoms with Crippen LogP contribution in [0.5, 0.6) is 0 Å². The van der Waals surface area contributed by atoms with Gasteiger partial charge in [0.05, 0.1) is 0 Å². The van der Waals surface area contributed by atoms with Crippen molar-refractivity contribution in [3.05, 3.63) is 0 Å². The standard InChI is InChI=1S/C17H32N2O.ClH/c1-13(2)11-17(8-3-4-9-17)16(20)19-12-14-6-5-7-15(18)10-14;/h13-15H,3-12,18H2,1-2H3,(H,19,20);1H. The maximum absolute atomic E-state index is 12.7. The molecule has 2 aliphatic rings. The highest BCUT2D eigenvalue weighted by molar-refractivity contribution is 5.85. The Balaban J connectivity index is 0.00000220. The third-order valence-electron chi connectivity index (χ3n) is 5.22. The molecule has 2 fully saturated rings. The molecular formula is C17H33ClN2O. The van der Waals surface area contributed by atoms with Gasteiger partial charge in [0.25, 0.3) is 0 Å². The van der Waals surface area contributed by atoms with Gasteiger partial charge in [-0.1, -0.05) is 33.1 Å². The largest absolute Gasteiger partial charge is 0.355 e. The van der Waals surface area contributed by atoms with Crippen LogP contribution in [0.2, 0.25) is 0 Å². The number of rotatable bonds is 5. The smallest absolute Gasteiger partial charge is 0.226 e. The molecule has 0 radical (unpaired) electrons. The first-order valence-corrected chi connectivity index (χ1v) is 8.56. The van der Waals surface area contributed by atoms with Crippen LogP contribution in [-0.2, 0) is 4.79 Å². The summed E-state index contributed by atoms with van der Waals surface area (Å²) in [5.74, 6) is 1.52. The fourth-order valence-electron chi connectivity index (χ4n) is 4.30. The number of nitrogens with one attached hydrogen (secondary N) is 1. The van der Waals surface area contributed by atoms with E-state index in [9.17, 15) is 4.79 Å². The lowest BCUT2D eigenvalue weighted by Gasteiger charge is -2.32. The van der Waals surface area contributed by atoms with Crippen LogP contribution >= 0.6 is 12.4 Å². The molecule has 2 aliphatic carbocycles. The topological polar surface area (TPSA) is 55.1 Å². The van der Waals surface area contributed by atoms with Crippen molar-refractivity contribution in [3.8, 4) is 0 Å². The highest BCUT2D eigenvalue weighted by Crippen LogP contribution is 2.43. The fraction of sp³-hybridized carbons (Fsp3) is 0.941. The summed E-state index contributed by atoms with van der Waals surface area (Å²) in [4.78, 5) is 12.7. The maximum Gasteiger partial charge on any atom is 0.226 e. The van der Waals surface area contributed by atoms with Crippen molar-refractivity contribution < 1.29 is 4.79 Å². The second-order valence-corrected chi connectivity index (χ2v) is 7.59. The first-order valence-electron chi connectivity index (χ1n) is 8.56. The molecule has 0 aromatic rings. The van der Waals surface area contributed by atoms with Crippen molar-refractivity contribution in [1.82, 2.24) is 5.32 Å². The van der Waals surface area contributed by atoms with Gasteiger partial charge in [0.1, 0.15) is 0 Å². The van der Waals surface area contributed by atoms with Gasteiger partial charge in [0.15, 0.2) is 0 Å². The molecule has 0 saturated heterocycles. The van der Waals surface area contributed by atoms with Crippen molar-refractivity contribution in [3.63, 3.8) is 0 Å². The lowest BCUT2D eigenvalue weighted by Crippen LogP contribution is -2.43. The third kappa shape index (κ3) is 5.14. The highest BCUT2D eigenvalue weighted by atomic mass is 35.5. The molecule has 0 aromatic heterocycles. The van der Waals surface area contributed by atoms with Crippen LogP contribution in [0.3, 0.4) is 0 Å². The van der Waals surface area contributed by atoms with Crippen molar-refractivity contribution in [1.29, 1.82) is 0 Å². The van der Waals surface area contributed by atoms with E-state index < -0.39 is 0 Å². The minimum absolute atomic E-state index is 0. The van der Waals surface area contributed by atoms with E-state index in [1.165, 1.54) is 25.7 Å². The quantitative estimate of drug-likeness (QED) is 0.813. The Hall–Kier alpha value is -0.280. The van der Waals surface area contributed by atoms with Crippen LogP contribution in [0.25, 0.3) is 0 Å². The van der Waals surface area contributed by atoms with E-state index in [2.05, 4.69) is 19.2 Å². The van der Waals surface area contributed by atoms with Gasteiger partial charge in [0.2, 0.25) is 5.91 Å². The summed E-state index contributed by atoms with van der Waals surface area (Å²) in [6, 6.07) is 0.349. The summed E-state index contributed by atoms with van der Waals surface area (Å²) in [6.45, 7) is 5.30. The van der Waals surface area contributed by atoms with E-state index in [4.69, 9.17) is 5.73 Å². The van der Waals surface area contributed by atoms with E-state index in [1.807, 2.05) is 0 Å². The van der Waals surface area contributed by atoms with Gasteiger partial charge >= 0.3 is 0 Å². The second-order valence-electron chi connectivity index (χ2n) is 7.59. The number of carbonyl (C=O) groups excluding carboxylic acids is 1. The van der Waals surface area contributed by atoms with Crippen LogP contribution in [0.4, 0.5) is 0 Å². The van der Waals surface area contributed by atoms with Gasteiger partial charge < -0.3 is 11.1 Å². The normalized spacial score (nSPS) is 28.2. The molecule has 1 amide bonds. The van der Waals surface area contributed by atoms with Crippen LogP contribution in [0.15, 0.2) is 0 Å². The zero-order chi connectivity index (χ0) is 14.6. The number of hydrogen-bond donors (Lipinski definition) is 2. The first kappa shape index (κ1) is 18.8. The van der Waals surface area contributed by atoms with Gasteiger partial charge in [-0.2, -0.15) is 0 Å². The SMILES string of the molecule is CC(C)CC1(C(=O)NCC2CCCC(N)C2)CCCC1.Cl. The lowest BCUT2D eigenvalue weighted by molar-refractivity contribution is -0.132. The van der Waals surface area contributed by atoms with E-state index in [1.54, 1.807) is 0 Å². The Morgan fingerprint density at radius 3 is 2.48 bits per heavy atom. The van der Waals surface area contributed by atoms with Crippen LogP contribution in [0.1, 0.15) is 71.6 Å². The van der Waals surface area contributed by atoms with E-state index in [0.717, 1.165) is 38.6 Å². The third-order valence-corrected chi connectivity index (χ3v) is 5.22. The van der Waals surface area contributed by atoms with Gasteiger partial charge in [-0.15, -0.1) is 12.4 Å². The van der Waals surface area contributed by atoms with Crippen LogP contribution in [0, 0.1) is 17.3 Å². The van der Waals surface area contributed by atoms with Gasteiger partial charge in [-0.05, 0) is 50.4 Å². The molecule has 0 spiro atoms. The molecule has 0 heterocycles. The molecule has 0 aliphatic heterocycles. The van der Waals surface area contributed by atoms with E-state index in [-0.39, 0.29) is 17.8 Å². The molecule has 3 nitrogen and oxygen atoms in total. The molecule has 2 rings (SSSR count). The van der Waals surface area contributed by atoms with Gasteiger partial charge in [-0.25, -0.2) is 0 Å². The molecule has 21 heavy (non-hydrogen) atoms. The van der Waals surface area contributed by atoms with E-state index >= 15 is 0 Å². The Morgan fingerprint density at radius 1 is 1.24 bits per heavy atom. The number of halogens is 1. The Bertz CT molecular complexity index is 327. The molecule has 3 N–H and O–H groups in total. The number of carbonyl (C=O) groups is 1. The van der Waals surface area contributed by atoms with E-state index in [0.29, 0.717) is 23.8 Å². The zero-order valence-electron chi connectivity index (χ0n) is 13.7. The minimum atomic E-state index is -0.0645. The summed E-state index contributed by atoms with van der Waals surface area (Å²) < 4.78 is 0. The Labute approximate surface area is 136 Å². The van der Waals surface area contributed by atoms with Gasteiger partial charge in [0, 0.05) is 18.0 Å². The summed E-state index contributed by atoms with van der Waals surface area (Å²) in [5, 5.41) is 3.27. The lowest BCUT2D eigenvalue weighted by atomic mass is 9.77. The fourth-order valence-corrected chi connectivity index (χ4v) is 4.30. The Kier molecular flexibility index (Phi) is 7.49. The average molecular weight is 317 g/mol. The minimum Gasteiger partial charge on any atom is -0.355 e. The molecule has 2 unspecified atom stereocenters. The maximum atomic E-state index is 12.7. The van der Waals surface area contributed by atoms with Crippen molar-refractivity contribution in [2.75, 3.05) is 6.54 Å². The number of amides is 1. The summed E-state index contributed by atoms with van der Waals surface area (Å²) in [7, 11) is 0. The van der Waals surface area contributed by atoms with Gasteiger partial charge in [-0.3, -0.25) is 4.79 Å². The monoisotopic (exact) mass is 316 g/mol. The summed E-state index contributed by atoms with van der Waals surface area (Å²) >= 11 is 0. The molecule has 2 atom stereocenters. The Morgan fingerprint density at radius 2 is 1.90 bits per heavy atom. The predicted molar refractivity (Wildman–Crippen MR) is 90.5 cm³/mol. The molecule has 0 aromatic carbocycles. The number of hydrogen-bond acceptors (Lipinski definition) is 2. The molecule has 124 valence electrons. The van der Waals surface area contributed by atoms with Crippen molar-refractivity contribution >= 4 is 18.3 Å². The summed E-state index contributed by atoms with van der Waals surface area (Å²) in [6.07, 6.45) is 10.3. The average Bonchev–Trinajstić information content (AvgIpc) is 2.85. The molecular weight excluding hydrogens is 284 g/mol. The van der Waals surface area contributed by atoms with Crippen molar-refractivity contribution in [2.24, 2.45) is 23.0 Å². The van der Waals surface area contributed by atoms with Crippen molar-refractivity contribution in [2.45, 2.75) is 77.7 Å². The molecule has 0 bridgehead atoms. The highest BCUT2D eigenvalue weighted by Gasteiger charge is 2.41. The molecule has 4 heteroatoms. The first-order chi connectivity index (χ1) is 9.52. The van der Waals surface area contributed by atoms with Crippen LogP contribution < -0.4 is 11.1 Å². The summed E-state index contributed by atoms with van der Waals surface area (Å²) in [5.41, 5.74) is 5.97. The zero-order valence-corrected chi connectivity index (χ0v) is 14.5. The number of nitrogens with two attached hydrogens (primary N) is 1. The predicted octanol–water partition coefficient (Wildman–Crippen LogP) is 3.65. The van der Waals surface area contributed by atoms with Crippen LogP contribution in [-0.4, -0.2) is 18.5 Å².